The van der Waals surface area contributed by atoms with Gasteiger partial charge in [0.1, 0.15) is 23.6 Å². The molecule has 13 heteroatoms. The molecule has 0 unspecified atom stereocenters. The summed E-state index contributed by atoms with van der Waals surface area (Å²) >= 11 is 14.1. The molecule has 0 bridgehead atoms. The number of aromatic nitrogens is 6. The second-order valence-electron chi connectivity index (χ2n) is 8.92. The summed E-state index contributed by atoms with van der Waals surface area (Å²) in [5.41, 5.74) is 6.35. The normalized spacial score (nSPS) is 11.8. The van der Waals surface area contributed by atoms with Crippen LogP contribution in [-0.4, -0.2) is 29.9 Å². The summed E-state index contributed by atoms with van der Waals surface area (Å²) in [5.74, 6) is -0.545. The molecule has 6 rings (SSSR count). The van der Waals surface area contributed by atoms with E-state index in [-0.39, 0.29) is 10.6 Å². The zero-order valence-electron chi connectivity index (χ0n) is 21.0. The van der Waals surface area contributed by atoms with Gasteiger partial charge in [-0.1, -0.05) is 34.5 Å². The number of nitrogens with zero attached hydrogens (tertiary/aromatic N) is 7. The number of fused-ring (bicyclic) bond motifs is 1. The maximum Gasteiger partial charge on any atom is 0.141 e. The molecule has 0 saturated heterocycles. The fourth-order valence-electron chi connectivity index (χ4n) is 4.29. The van der Waals surface area contributed by atoms with Crippen LogP contribution in [0.15, 0.2) is 78.0 Å². The van der Waals surface area contributed by atoms with E-state index in [1.807, 2.05) is 35.8 Å². The zero-order valence-corrected chi connectivity index (χ0v) is 23.3. The van der Waals surface area contributed by atoms with Gasteiger partial charge in [0.15, 0.2) is 0 Å². The predicted octanol–water partition coefficient (Wildman–Crippen LogP) is 6.99. The lowest BCUT2D eigenvalue weighted by Crippen LogP contribution is -2.13. The van der Waals surface area contributed by atoms with Crippen molar-refractivity contribution in [2.75, 3.05) is 10.6 Å². The van der Waals surface area contributed by atoms with Gasteiger partial charge in [-0.3, -0.25) is 9.97 Å². The van der Waals surface area contributed by atoms with Crippen molar-refractivity contribution >= 4 is 62.5 Å². The van der Waals surface area contributed by atoms with Crippen LogP contribution in [0.25, 0.3) is 10.9 Å². The smallest absolute Gasteiger partial charge is 0.141 e. The highest BCUT2D eigenvalue weighted by Gasteiger charge is 2.22. The van der Waals surface area contributed by atoms with Gasteiger partial charge in [-0.2, -0.15) is 5.26 Å². The molecule has 2 N–H and O–H groups in total. The molecular weight excluding hydrogens is 584 g/mol. The third-order valence-corrected chi connectivity index (χ3v) is 7.38. The SMILES string of the molecule is N#Cc1cnc2c(Cl)cc(N[C@@H](c3cscn3)c3cn(Cc4ccccn4)nn3)cc2c1Nc1ccc(F)c(Cl)c1. The third kappa shape index (κ3) is 5.67. The van der Waals surface area contributed by atoms with Crippen LogP contribution in [0.1, 0.15) is 28.7 Å². The van der Waals surface area contributed by atoms with Crippen LogP contribution in [0.3, 0.4) is 0 Å². The first-order valence-corrected chi connectivity index (χ1v) is 13.9. The molecule has 0 aliphatic heterocycles. The Kier molecular flexibility index (Phi) is 7.43. The minimum Gasteiger partial charge on any atom is -0.371 e. The van der Waals surface area contributed by atoms with Crippen molar-refractivity contribution in [2.24, 2.45) is 0 Å². The highest BCUT2D eigenvalue weighted by Crippen LogP contribution is 2.37. The van der Waals surface area contributed by atoms with E-state index in [0.29, 0.717) is 45.2 Å². The molecule has 0 spiro atoms. The maximum absolute atomic E-state index is 13.8. The fourth-order valence-corrected chi connectivity index (χ4v) is 5.32. The Morgan fingerprint density at radius 3 is 2.66 bits per heavy atom. The van der Waals surface area contributed by atoms with Crippen LogP contribution in [0.2, 0.25) is 10.0 Å². The van der Waals surface area contributed by atoms with E-state index in [4.69, 9.17) is 23.2 Å². The van der Waals surface area contributed by atoms with Gasteiger partial charge in [-0.25, -0.2) is 14.1 Å². The molecule has 6 aromatic rings. The van der Waals surface area contributed by atoms with E-state index in [2.05, 4.69) is 42.0 Å². The fraction of sp³-hybridized carbons (Fsp3) is 0.0714. The number of thiazole rings is 1. The van der Waals surface area contributed by atoms with Crippen LogP contribution in [0.4, 0.5) is 21.5 Å². The summed E-state index contributed by atoms with van der Waals surface area (Å²) in [4.78, 5) is 13.3. The van der Waals surface area contributed by atoms with Crippen molar-refractivity contribution in [3.8, 4) is 6.07 Å². The lowest BCUT2D eigenvalue weighted by molar-refractivity contribution is 0.628. The Bertz CT molecular complexity index is 1890. The molecule has 41 heavy (non-hydrogen) atoms. The standard InChI is InChI=1S/C28H18Cl2FN9S/c29-21-8-17(4-5-23(21)31)36-26-16(10-32)11-34-27-20(26)7-19(9-22(27)30)37-28(25-14-41-15-35-25)24-13-40(39-38-24)12-18-3-1-2-6-33-18/h1-9,11,13-15,28,37H,12H2,(H,34,36)/t28-/m1/s1. The lowest BCUT2D eigenvalue weighted by Gasteiger charge is -2.18. The molecule has 4 heterocycles. The zero-order chi connectivity index (χ0) is 28.3. The van der Waals surface area contributed by atoms with Gasteiger partial charge in [-0.05, 0) is 42.5 Å². The van der Waals surface area contributed by atoms with Crippen LogP contribution in [-0.2, 0) is 6.54 Å². The summed E-state index contributed by atoms with van der Waals surface area (Å²) in [7, 11) is 0. The average Bonchev–Trinajstić information content (AvgIpc) is 3.68. The number of hydrogen-bond donors (Lipinski definition) is 2. The molecule has 0 fully saturated rings. The summed E-state index contributed by atoms with van der Waals surface area (Å²) in [6, 6.07) is 15.2. The van der Waals surface area contributed by atoms with Crippen LogP contribution in [0.5, 0.6) is 0 Å². The highest BCUT2D eigenvalue weighted by molar-refractivity contribution is 7.07. The minimum atomic E-state index is -0.545. The average molecular weight is 602 g/mol. The topological polar surface area (TPSA) is 117 Å². The first-order valence-electron chi connectivity index (χ1n) is 12.2. The molecular formula is C28H18Cl2FN9S. The largest absolute Gasteiger partial charge is 0.371 e. The van der Waals surface area contributed by atoms with Crippen molar-refractivity contribution in [2.45, 2.75) is 12.6 Å². The second kappa shape index (κ2) is 11.5. The Balaban J connectivity index is 1.38. The summed E-state index contributed by atoms with van der Waals surface area (Å²) in [5, 5.41) is 28.0. The molecule has 202 valence electrons. The summed E-state index contributed by atoms with van der Waals surface area (Å²) < 4.78 is 15.5. The molecule has 1 atom stereocenters. The Labute approximate surface area is 247 Å². The molecule has 0 radical (unpaired) electrons. The van der Waals surface area contributed by atoms with Gasteiger partial charge in [-0.15, -0.1) is 16.4 Å². The molecule has 0 amide bonds. The highest BCUT2D eigenvalue weighted by atomic mass is 35.5. The van der Waals surface area contributed by atoms with E-state index in [9.17, 15) is 9.65 Å². The number of nitriles is 1. The number of rotatable bonds is 8. The number of anilines is 3. The quantitative estimate of drug-likeness (QED) is 0.192. The number of nitrogens with one attached hydrogen (secondary N) is 2. The van der Waals surface area contributed by atoms with E-state index in [0.717, 1.165) is 11.4 Å². The maximum atomic E-state index is 13.8. The molecule has 0 aliphatic carbocycles. The van der Waals surface area contributed by atoms with Gasteiger partial charge in [0, 0.05) is 34.5 Å². The van der Waals surface area contributed by atoms with Gasteiger partial charge >= 0.3 is 0 Å². The number of pyridine rings is 2. The molecule has 9 nitrogen and oxygen atoms in total. The van der Waals surface area contributed by atoms with Crippen molar-refractivity contribution < 1.29 is 4.39 Å². The van der Waals surface area contributed by atoms with E-state index in [1.165, 1.54) is 35.7 Å². The Morgan fingerprint density at radius 1 is 1.02 bits per heavy atom. The molecule has 0 saturated carbocycles. The van der Waals surface area contributed by atoms with Gasteiger partial charge in [0.05, 0.1) is 56.5 Å². The third-order valence-electron chi connectivity index (χ3n) is 6.19. The number of hydrogen-bond acceptors (Lipinski definition) is 9. The number of benzene rings is 2. The van der Waals surface area contributed by atoms with E-state index in [1.54, 1.807) is 22.5 Å². The van der Waals surface area contributed by atoms with Gasteiger partial charge in [0.25, 0.3) is 0 Å². The molecule has 2 aromatic carbocycles. The predicted molar refractivity (Wildman–Crippen MR) is 157 cm³/mol. The van der Waals surface area contributed by atoms with Crippen molar-refractivity contribution in [3.05, 3.63) is 117 Å². The van der Waals surface area contributed by atoms with Crippen LogP contribution >= 0.6 is 34.5 Å². The van der Waals surface area contributed by atoms with Crippen molar-refractivity contribution in [1.29, 1.82) is 5.26 Å². The number of halogens is 3. The first kappa shape index (κ1) is 26.6. The van der Waals surface area contributed by atoms with Crippen LogP contribution in [0, 0.1) is 17.1 Å². The minimum absolute atomic E-state index is 0.0468. The Hall–Kier alpha value is -4.63. The van der Waals surface area contributed by atoms with Gasteiger partial charge < -0.3 is 10.6 Å². The summed E-state index contributed by atoms with van der Waals surface area (Å²) in [6.07, 6.45) is 5.01. The van der Waals surface area contributed by atoms with Gasteiger partial charge in [0.2, 0.25) is 0 Å². The summed E-state index contributed by atoms with van der Waals surface area (Å²) in [6.45, 7) is 0.463. The Morgan fingerprint density at radius 2 is 1.90 bits per heavy atom. The second-order valence-corrected chi connectivity index (χ2v) is 10.5. The molecule has 4 aromatic heterocycles. The first-order chi connectivity index (χ1) is 20.0. The van der Waals surface area contributed by atoms with Crippen LogP contribution < -0.4 is 10.6 Å². The monoisotopic (exact) mass is 601 g/mol. The van der Waals surface area contributed by atoms with Crippen molar-refractivity contribution in [3.63, 3.8) is 0 Å². The molecule has 0 aliphatic rings. The lowest BCUT2D eigenvalue weighted by atomic mass is 10.1. The van der Waals surface area contributed by atoms with E-state index < -0.39 is 11.9 Å². The van der Waals surface area contributed by atoms with E-state index >= 15 is 0 Å². The van der Waals surface area contributed by atoms with Crippen molar-refractivity contribution in [1.82, 2.24) is 29.9 Å².